The fourth-order valence-corrected chi connectivity index (χ4v) is 4.33. The van der Waals surface area contributed by atoms with Crippen LogP contribution < -0.4 is 9.46 Å². The standard InChI is InChI=1S/C20H24N2O4S/c1-26-18-7-3-4-8-19(18)27(24,25)21-15-16-9-11-17(12-10-16)20(23)22-13-5-2-6-14-22/h3-4,7-12,21H,2,5-6,13-15H2,1H3. The lowest BCUT2D eigenvalue weighted by Gasteiger charge is -2.26. The van der Waals surface area contributed by atoms with Crippen LogP contribution in [0.5, 0.6) is 5.75 Å². The quantitative estimate of drug-likeness (QED) is 0.826. The summed E-state index contributed by atoms with van der Waals surface area (Å²) in [6.45, 7) is 1.75. The van der Waals surface area contributed by atoms with Crippen molar-refractivity contribution in [3.63, 3.8) is 0 Å². The van der Waals surface area contributed by atoms with Crippen molar-refractivity contribution in [1.82, 2.24) is 9.62 Å². The van der Waals surface area contributed by atoms with Crippen LogP contribution in [-0.2, 0) is 16.6 Å². The van der Waals surface area contributed by atoms with Crippen molar-refractivity contribution in [3.8, 4) is 5.75 Å². The molecule has 27 heavy (non-hydrogen) atoms. The van der Waals surface area contributed by atoms with Gasteiger partial charge in [0.2, 0.25) is 10.0 Å². The molecule has 0 radical (unpaired) electrons. The molecule has 0 atom stereocenters. The number of carbonyl (C=O) groups is 1. The van der Waals surface area contributed by atoms with Crippen LogP contribution >= 0.6 is 0 Å². The number of hydrogen-bond acceptors (Lipinski definition) is 4. The molecular formula is C20H24N2O4S. The lowest BCUT2D eigenvalue weighted by molar-refractivity contribution is 0.0724. The molecule has 1 aliphatic heterocycles. The normalized spacial score (nSPS) is 14.8. The molecule has 1 N–H and O–H groups in total. The number of nitrogens with zero attached hydrogens (tertiary/aromatic N) is 1. The summed E-state index contributed by atoms with van der Waals surface area (Å²) < 4.78 is 32.7. The molecule has 0 aliphatic carbocycles. The van der Waals surface area contributed by atoms with Gasteiger partial charge in [0, 0.05) is 25.2 Å². The number of piperidine rings is 1. The summed E-state index contributed by atoms with van der Waals surface area (Å²) in [5, 5.41) is 0. The fraction of sp³-hybridized carbons (Fsp3) is 0.350. The molecule has 0 aromatic heterocycles. The van der Waals surface area contributed by atoms with E-state index in [1.54, 1.807) is 42.5 Å². The Morgan fingerprint density at radius 2 is 1.70 bits per heavy atom. The third kappa shape index (κ3) is 4.67. The van der Waals surface area contributed by atoms with Gasteiger partial charge in [-0.25, -0.2) is 13.1 Å². The number of amides is 1. The van der Waals surface area contributed by atoms with E-state index in [2.05, 4.69) is 4.72 Å². The molecule has 1 aliphatic rings. The number of benzene rings is 2. The molecule has 1 fully saturated rings. The topological polar surface area (TPSA) is 75.7 Å². The SMILES string of the molecule is COc1ccccc1S(=O)(=O)NCc1ccc(C(=O)N2CCCCC2)cc1. The Labute approximate surface area is 160 Å². The molecule has 0 bridgehead atoms. The number of para-hydroxylation sites is 1. The number of nitrogens with one attached hydrogen (secondary N) is 1. The van der Waals surface area contributed by atoms with Crippen molar-refractivity contribution in [2.24, 2.45) is 0 Å². The van der Waals surface area contributed by atoms with Crippen LogP contribution in [0.3, 0.4) is 0 Å². The van der Waals surface area contributed by atoms with Crippen molar-refractivity contribution in [1.29, 1.82) is 0 Å². The van der Waals surface area contributed by atoms with E-state index < -0.39 is 10.0 Å². The predicted octanol–water partition coefficient (Wildman–Crippen LogP) is 2.80. The summed E-state index contributed by atoms with van der Waals surface area (Å²) >= 11 is 0. The van der Waals surface area contributed by atoms with E-state index in [1.807, 2.05) is 4.90 Å². The van der Waals surface area contributed by atoms with Crippen LogP contribution in [0, 0.1) is 0 Å². The molecule has 7 heteroatoms. The van der Waals surface area contributed by atoms with Crippen LogP contribution in [0.25, 0.3) is 0 Å². The van der Waals surface area contributed by atoms with Gasteiger partial charge >= 0.3 is 0 Å². The summed E-state index contributed by atoms with van der Waals surface area (Å²) in [6, 6.07) is 13.5. The molecule has 0 unspecified atom stereocenters. The smallest absolute Gasteiger partial charge is 0.253 e. The van der Waals surface area contributed by atoms with E-state index in [0.29, 0.717) is 11.3 Å². The highest BCUT2D eigenvalue weighted by Gasteiger charge is 2.20. The monoisotopic (exact) mass is 388 g/mol. The van der Waals surface area contributed by atoms with Gasteiger partial charge in [-0.15, -0.1) is 0 Å². The van der Waals surface area contributed by atoms with E-state index in [9.17, 15) is 13.2 Å². The summed E-state index contributed by atoms with van der Waals surface area (Å²) in [6.07, 6.45) is 3.28. The van der Waals surface area contributed by atoms with Gasteiger partial charge < -0.3 is 9.64 Å². The highest BCUT2D eigenvalue weighted by Crippen LogP contribution is 2.22. The number of hydrogen-bond donors (Lipinski definition) is 1. The van der Waals surface area contributed by atoms with E-state index in [4.69, 9.17) is 4.74 Å². The summed E-state index contributed by atoms with van der Waals surface area (Å²) in [7, 11) is -2.26. The second-order valence-electron chi connectivity index (χ2n) is 6.53. The average Bonchev–Trinajstić information content (AvgIpc) is 2.73. The van der Waals surface area contributed by atoms with Gasteiger partial charge in [0.05, 0.1) is 7.11 Å². The Kier molecular flexibility index (Phi) is 6.13. The third-order valence-electron chi connectivity index (χ3n) is 4.67. The molecule has 0 spiro atoms. The maximum Gasteiger partial charge on any atom is 0.253 e. The Hall–Kier alpha value is -2.38. The Bertz CT molecular complexity index is 888. The van der Waals surface area contributed by atoms with Gasteiger partial charge in [-0.05, 0) is 49.1 Å². The van der Waals surface area contributed by atoms with Gasteiger partial charge in [0.15, 0.2) is 0 Å². The van der Waals surface area contributed by atoms with Crippen LogP contribution in [-0.4, -0.2) is 39.4 Å². The van der Waals surface area contributed by atoms with Crippen LogP contribution in [0.2, 0.25) is 0 Å². The minimum atomic E-state index is -3.69. The Morgan fingerprint density at radius 3 is 2.37 bits per heavy atom. The first kappa shape index (κ1) is 19.4. The fourth-order valence-electron chi connectivity index (χ4n) is 3.14. The minimum Gasteiger partial charge on any atom is -0.495 e. The number of likely N-dealkylation sites (tertiary alicyclic amines) is 1. The zero-order valence-electron chi connectivity index (χ0n) is 15.3. The second-order valence-corrected chi connectivity index (χ2v) is 8.26. The van der Waals surface area contributed by atoms with E-state index >= 15 is 0 Å². The number of ether oxygens (including phenoxy) is 1. The number of rotatable bonds is 6. The average molecular weight is 388 g/mol. The van der Waals surface area contributed by atoms with Crippen molar-refractivity contribution in [3.05, 3.63) is 59.7 Å². The third-order valence-corrected chi connectivity index (χ3v) is 6.11. The number of sulfonamides is 1. The maximum atomic E-state index is 12.5. The molecule has 1 heterocycles. The lowest BCUT2D eigenvalue weighted by Crippen LogP contribution is -2.35. The molecule has 1 saturated heterocycles. The van der Waals surface area contributed by atoms with Gasteiger partial charge in [-0.3, -0.25) is 4.79 Å². The molecule has 2 aromatic carbocycles. The Balaban J connectivity index is 1.65. The van der Waals surface area contributed by atoms with Gasteiger partial charge in [-0.1, -0.05) is 24.3 Å². The number of methoxy groups -OCH3 is 1. The predicted molar refractivity (Wildman–Crippen MR) is 103 cm³/mol. The van der Waals surface area contributed by atoms with Crippen molar-refractivity contribution in [2.45, 2.75) is 30.7 Å². The first-order chi connectivity index (χ1) is 13.0. The Morgan fingerprint density at radius 1 is 1.04 bits per heavy atom. The minimum absolute atomic E-state index is 0.0378. The summed E-state index contributed by atoms with van der Waals surface area (Å²) in [4.78, 5) is 14.5. The molecule has 3 rings (SSSR count). The molecule has 6 nitrogen and oxygen atoms in total. The molecule has 0 saturated carbocycles. The summed E-state index contributed by atoms with van der Waals surface area (Å²) in [5.41, 5.74) is 1.41. The van der Waals surface area contributed by atoms with Gasteiger partial charge in [0.1, 0.15) is 10.6 Å². The largest absolute Gasteiger partial charge is 0.495 e. The van der Waals surface area contributed by atoms with Crippen LogP contribution in [0.4, 0.5) is 0 Å². The number of carbonyl (C=O) groups excluding carboxylic acids is 1. The van der Waals surface area contributed by atoms with E-state index in [0.717, 1.165) is 31.5 Å². The highest BCUT2D eigenvalue weighted by atomic mass is 32.2. The van der Waals surface area contributed by atoms with E-state index in [-0.39, 0.29) is 17.3 Å². The first-order valence-electron chi connectivity index (χ1n) is 9.02. The molecule has 1 amide bonds. The van der Waals surface area contributed by atoms with Crippen molar-refractivity contribution >= 4 is 15.9 Å². The van der Waals surface area contributed by atoms with E-state index in [1.165, 1.54) is 19.6 Å². The molecular weight excluding hydrogens is 364 g/mol. The van der Waals surface area contributed by atoms with Gasteiger partial charge in [0.25, 0.3) is 5.91 Å². The summed E-state index contributed by atoms with van der Waals surface area (Å²) in [5.74, 6) is 0.336. The first-order valence-corrected chi connectivity index (χ1v) is 10.5. The van der Waals surface area contributed by atoms with Gasteiger partial charge in [-0.2, -0.15) is 0 Å². The van der Waals surface area contributed by atoms with Crippen LogP contribution in [0.1, 0.15) is 35.2 Å². The molecule has 2 aromatic rings. The lowest BCUT2D eigenvalue weighted by atomic mass is 10.1. The zero-order chi connectivity index (χ0) is 19.3. The maximum absolute atomic E-state index is 12.5. The van der Waals surface area contributed by atoms with Crippen molar-refractivity contribution < 1.29 is 17.9 Å². The molecule has 144 valence electrons. The van der Waals surface area contributed by atoms with Crippen LogP contribution in [0.15, 0.2) is 53.4 Å². The second kappa shape index (κ2) is 8.54. The highest BCUT2D eigenvalue weighted by molar-refractivity contribution is 7.89. The van der Waals surface area contributed by atoms with Crippen molar-refractivity contribution in [2.75, 3.05) is 20.2 Å². The zero-order valence-corrected chi connectivity index (χ0v) is 16.2.